The van der Waals surface area contributed by atoms with Crippen molar-refractivity contribution in [2.45, 2.75) is 45.6 Å². The lowest BCUT2D eigenvalue weighted by molar-refractivity contribution is -0.124. The van der Waals surface area contributed by atoms with Gasteiger partial charge in [-0.2, -0.15) is 0 Å². The van der Waals surface area contributed by atoms with Gasteiger partial charge in [-0.1, -0.05) is 12.2 Å². The van der Waals surface area contributed by atoms with Crippen molar-refractivity contribution in [3.05, 3.63) is 0 Å². The van der Waals surface area contributed by atoms with E-state index in [-0.39, 0.29) is 5.91 Å². The van der Waals surface area contributed by atoms with Crippen molar-refractivity contribution in [3.8, 4) is 0 Å². The van der Waals surface area contributed by atoms with E-state index >= 15 is 0 Å². The molecule has 0 atom stereocenters. The molecule has 1 amide bonds. The van der Waals surface area contributed by atoms with E-state index in [1.807, 2.05) is 0 Å². The van der Waals surface area contributed by atoms with Gasteiger partial charge in [-0.3, -0.25) is 4.79 Å². The molecule has 0 aromatic heterocycles. The molecule has 104 valence electrons. The van der Waals surface area contributed by atoms with Crippen LogP contribution in [0.2, 0.25) is 0 Å². The molecule has 0 aromatic rings. The molecule has 1 aliphatic carbocycles. The molecule has 0 unspecified atom stereocenters. The summed E-state index contributed by atoms with van der Waals surface area (Å²) in [5.74, 6) is 0.0206. The van der Waals surface area contributed by atoms with Gasteiger partial charge in [-0.05, 0) is 53.1 Å². The maximum atomic E-state index is 11.9. The lowest BCUT2D eigenvalue weighted by Crippen LogP contribution is -2.40. The van der Waals surface area contributed by atoms with Gasteiger partial charge in [0.15, 0.2) is 0 Å². The van der Waals surface area contributed by atoms with Gasteiger partial charge in [0, 0.05) is 12.6 Å². The van der Waals surface area contributed by atoms with Gasteiger partial charge < -0.3 is 16.0 Å². The normalized spacial score (nSPS) is 16.9. The van der Waals surface area contributed by atoms with Crippen molar-refractivity contribution in [3.63, 3.8) is 0 Å². The Bertz CT molecular complexity index is 313. The molecule has 1 rings (SSSR count). The summed E-state index contributed by atoms with van der Waals surface area (Å²) >= 11 is 4.95. The predicted octanol–water partition coefficient (Wildman–Crippen LogP) is 1.29. The van der Waals surface area contributed by atoms with E-state index in [9.17, 15) is 4.79 Å². The maximum Gasteiger partial charge on any atom is 0.233 e. The first-order valence-corrected chi connectivity index (χ1v) is 7.09. The van der Waals surface area contributed by atoms with Crippen LogP contribution in [0.4, 0.5) is 0 Å². The van der Waals surface area contributed by atoms with Crippen LogP contribution in [-0.4, -0.2) is 42.0 Å². The summed E-state index contributed by atoms with van der Waals surface area (Å²) in [5, 5.41) is 2.94. The minimum atomic E-state index is -0.510. The van der Waals surface area contributed by atoms with E-state index in [1.54, 1.807) is 0 Å². The molecule has 0 aromatic carbocycles. The molecule has 0 bridgehead atoms. The quantitative estimate of drug-likeness (QED) is 0.516. The molecule has 0 heterocycles. The number of rotatable bonds is 8. The van der Waals surface area contributed by atoms with Crippen LogP contribution in [0.15, 0.2) is 0 Å². The highest BCUT2D eigenvalue weighted by Crippen LogP contribution is 2.46. The maximum absolute atomic E-state index is 11.9. The Kier molecular flexibility index (Phi) is 5.53. The average Bonchev–Trinajstić information content (AvgIpc) is 3.08. The van der Waals surface area contributed by atoms with E-state index < -0.39 is 5.41 Å². The molecule has 3 N–H and O–H groups in total. The van der Waals surface area contributed by atoms with Crippen LogP contribution in [0.5, 0.6) is 0 Å². The van der Waals surface area contributed by atoms with Gasteiger partial charge in [-0.25, -0.2) is 0 Å². The Morgan fingerprint density at radius 3 is 2.50 bits per heavy atom. The number of nitrogens with zero attached hydrogens (tertiary/aromatic N) is 1. The van der Waals surface area contributed by atoms with Crippen LogP contribution in [0.3, 0.4) is 0 Å². The number of nitrogens with two attached hydrogens (primary N) is 1. The SMILES string of the molecule is CC(C)N(C)CCCCNC(=O)C1(C(N)=S)CC1. The van der Waals surface area contributed by atoms with E-state index in [4.69, 9.17) is 18.0 Å². The molecule has 1 fully saturated rings. The van der Waals surface area contributed by atoms with Crippen molar-refractivity contribution < 1.29 is 4.79 Å². The Morgan fingerprint density at radius 1 is 1.44 bits per heavy atom. The molecule has 0 aliphatic heterocycles. The number of carbonyl (C=O) groups is 1. The van der Waals surface area contributed by atoms with Crippen LogP contribution >= 0.6 is 12.2 Å². The largest absolute Gasteiger partial charge is 0.392 e. The third-order valence-electron chi connectivity index (χ3n) is 3.76. The van der Waals surface area contributed by atoms with Crippen molar-refractivity contribution in [1.29, 1.82) is 0 Å². The average molecular weight is 271 g/mol. The Morgan fingerprint density at radius 2 is 2.06 bits per heavy atom. The summed E-state index contributed by atoms with van der Waals surface area (Å²) in [6.07, 6.45) is 3.71. The molecule has 0 spiro atoms. The van der Waals surface area contributed by atoms with Gasteiger partial charge in [0.25, 0.3) is 0 Å². The fourth-order valence-electron chi connectivity index (χ4n) is 1.83. The fraction of sp³-hybridized carbons (Fsp3) is 0.846. The number of nitrogens with one attached hydrogen (secondary N) is 1. The lowest BCUT2D eigenvalue weighted by Gasteiger charge is -2.20. The lowest BCUT2D eigenvalue weighted by atomic mass is 10.1. The second-order valence-electron chi connectivity index (χ2n) is 5.48. The zero-order valence-electron chi connectivity index (χ0n) is 11.7. The molecule has 18 heavy (non-hydrogen) atoms. The minimum Gasteiger partial charge on any atom is -0.392 e. The number of hydrogen-bond donors (Lipinski definition) is 2. The van der Waals surface area contributed by atoms with Crippen molar-refractivity contribution >= 4 is 23.1 Å². The smallest absolute Gasteiger partial charge is 0.233 e. The van der Waals surface area contributed by atoms with Crippen LogP contribution in [-0.2, 0) is 4.79 Å². The van der Waals surface area contributed by atoms with E-state index in [1.165, 1.54) is 0 Å². The predicted molar refractivity (Wildman–Crippen MR) is 78.5 cm³/mol. The van der Waals surface area contributed by atoms with Crippen molar-refractivity contribution in [2.75, 3.05) is 20.1 Å². The number of carbonyl (C=O) groups excluding carboxylic acids is 1. The van der Waals surface area contributed by atoms with Crippen molar-refractivity contribution in [2.24, 2.45) is 11.1 Å². The Labute approximate surface area is 115 Å². The molecule has 1 aliphatic rings. The Balaban J connectivity index is 2.12. The highest BCUT2D eigenvalue weighted by molar-refractivity contribution is 7.80. The zero-order valence-corrected chi connectivity index (χ0v) is 12.5. The standard InChI is InChI=1S/C13H25N3OS/c1-10(2)16(3)9-5-4-8-15-12(17)13(6-7-13)11(14)18/h10H,4-9H2,1-3H3,(H2,14,18)(H,15,17). The first kappa shape index (κ1) is 15.4. The molecule has 0 saturated heterocycles. The van der Waals surface area contributed by atoms with Crippen LogP contribution in [0.25, 0.3) is 0 Å². The minimum absolute atomic E-state index is 0.0206. The summed E-state index contributed by atoms with van der Waals surface area (Å²) < 4.78 is 0. The first-order valence-electron chi connectivity index (χ1n) is 6.68. The van der Waals surface area contributed by atoms with Gasteiger partial charge in [0.2, 0.25) is 5.91 Å². The highest BCUT2D eigenvalue weighted by Gasteiger charge is 2.52. The van der Waals surface area contributed by atoms with Gasteiger partial charge in [-0.15, -0.1) is 0 Å². The summed E-state index contributed by atoms with van der Waals surface area (Å²) in [5.41, 5.74) is 5.09. The van der Waals surface area contributed by atoms with E-state index in [2.05, 4.69) is 31.1 Å². The van der Waals surface area contributed by atoms with E-state index in [0.29, 0.717) is 11.0 Å². The summed E-state index contributed by atoms with van der Waals surface area (Å²) in [6, 6.07) is 0.573. The molecular formula is C13H25N3OS. The van der Waals surface area contributed by atoms with Gasteiger partial charge in [0.1, 0.15) is 0 Å². The van der Waals surface area contributed by atoms with Crippen LogP contribution in [0, 0.1) is 5.41 Å². The fourth-order valence-corrected chi connectivity index (χ4v) is 2.12. The topological polar surface area (TPSA) is 58.4 Å². The third kappa shape index (κ3) is 3.92. The number of amides is 1. The first-order chi connectivity index (χ1) is 8.40. The highest BCUT2D eigenvalue weighted by atomic mass is 32.1. The number of unbranched alkanes of at least 4 members (excludes halogenated alkanes) is 1. The van der Waals surface area contributed by atoms with E-state index in [0.717, 1.165) is 38.8 Å². The van der Waals surface area contributed by atoms with Crippen molar-refractivity contribution in [1.82, 2.24) is 10.2 Å². The number of hydrogen-bond acceptors (Lipinski definition) is 3. The van der Waals surface area contributed by atoms with Gasteiger partial charge in [0.05, 0.1) is 10.4 Å². The van der Waals surface area contributed by atoms with Crippen LogP contribution < -0.4 is 11.1 Å². The molecule has 4 nitrogen and oxygen atoms in total. The summed E-state index contributed by atoms with van der Waals surface area (Å²) in [7, 11) is 2.12. The third-order valence-corrected chi connectivity index (χ3v) is 4.15. The second kappa shape index (κ2) is 6.48. The second-order valence-corrected chi connectivity index (χ2v) is 5.92. The molecular weight excluding hydrogens is 246 g/mol. The molecule has 0 radical (unpaired) electrons. The summed E-state index contributed by atoms with van der Waals surface area (Å²) in [4.78, 5) is 14.5. The molecule has 1 saturated carbocycles. The molecule has 5 heteroatoms. The van der Waals surface area contributed by atoms with Crippen LogP contribution in [0.1, 0.15) is 39.5 Å². The monoisotopic (exact) mass is 271 g/mol. The summed E-state index contributed by atoms with van der Waals surface area (Å²) in [6.45, 7) is 6.14. The number of thiocarbonyl (C=S) groups is 1. The van der Waals surface area contributed by atoms with Gasteiger partial charge >= 0.3 is 0 Å². The zero-order chi connectivity index (χ0) is 13.8. The Hall–Kier alpha value is -0.680.